The third-order valence-electron chi connectivity index (χ3n) is 5.42. The van der Waals surface area contributed by atoms with Crippen LogP contribution in [-0.2, 0) is 20.5 Å². The molecule has 8 nitrogen and oxygen atoms in total. The highest BCUT2D eigenvalue weighted by Crippen LogP contribution is 2.30. The van der Waals surface area contributed by atoms with E-state index < -0.39 is 34.9 Å². The number of hydrogen-bond acceptors (Lipinski definition) is 6. The number of thiol groups is 1. The third kappa shape index (κ3) is 7.78. The van der Waals surface area contributed by atoms with Crippen molar-refractivity contribution in [3.63, 3.8) is 0 Å². The lowest BCUT2D eigenvalue weighted by atomic mass is 9.99. The molecular formula is C25H32N2O6S. The van der Waals surface area contributed by atoms with Gasteiger partial charge in [0, 0.05) is 12.1 Å². The fraction of sp³-hybridized carbons (Fsp3) is 0.400. The number of aliphatic carboxylic acids is 1. The van der Waals surface area contributed by atoms with E-state index in [1.165, 1.54) is 0 Å². The molecule has 2 rings (SSSR count). The van der Waals surface area contributed by atoms with Gasteiger partial charge in [-0.1, -0.05) is 57.0 Å². The Balaban J connectivity index is 2.18. The molecular weight excluding hydrogens is 456 g/mol. The van der Waals surface area contributed by atoms with Crippen molar-refractivity contribution >= 4 is 28.5 Å². The normalized spacial score (nSPS) is 12.9. The van der Waals surface area contributed by atoms with E-state index in [9.17, 15) is 23.1 Å². The largest absolute Gasteiger partial charge is 0.480 e. The molecule has 2 unspecified atom stereocenters. The number of ether oxygens (including phenoxy) is 1. The zero-order valence-electron chi connectivity index (χ0n) is 19.5. The molecule has 34 heavy (non-hydrogen) atoms. The van der Waals surface area contributed by atoms with E-state index in [1.54, 1.807) is 61.5 Å². The van der Waals surface area contributed by atoms with Gasteiger partial charge in [-0.3, -0.25) is 9.59 Å². The summed E-state index contributed by atoms with van der Waals surface area (Å²) in [6, 6.07) is 13.3. The molecule has 2 aromatic carbocycles. The molecule has 0 spiro atoms. The molecule has 0 aliphatic rings. The minimum Gasteiger partial charge on any atom is -0.480 e. The van der Waals surface area contributed by atoms with Crippen LogP contribution in [0.1, 0.15) is 69.5 Å². The lowest BCUT2D eigenvalue weighted by Crippen LogP contribution is -2.42. The lowest BCUT2D eigenvalue weighted by Gasteiger charge is -2.31. The SMILES string of the molecule is CCCC(=N)c1ccc(OC(=O)CCC(c2ccccc2)N(C(CCC)C(=O)O)[SH](=O)=O)cc1. The van der Waals surface area contributed by atoms with Crippen LogP contribution in [0.4, 0.5) is 0 Å². The standard InChI is InChI=1S/C25H32N2O6S/c1-3-8-21(26)18-12-14-20(15-13-18)33-24(28)17-16-22(19-10-6-5-7-11-19)27(34(31)32)23(9-4-2)25(29)30/h5-7,10-15,22-23,26,34H,3-4,8-9,16-17H2,1-2H3,(H,29,30). The molecule has 0 amide bonds. The monoisotopic (exact) mass is 488 g/mol. The highest BCUT2D eigenvalue weighted by molar-refractivity contribution is 7.69. The second-order valence-electron chi connectivity index (χ2n) is 7.95. The van der Waals surface area contributed by atoms with E-state index in [1.807, 2.05) is 6.92 Å². The smallest absolute Gasteiger partial charge is 0.322 e. The Morgan fingerprint density at radius 2 is 1.62 bits per heavy atom. The van der Waals surface area contributed by atoms with E-state index in [0.717, 1.165) is 16.3 Å². The maximum Gasteiger partial charge on any atom is 0.322 e. The van der Waals surface area contributed by atoms with Gasteiger partial charge in [0.25, 0.3) is 0 Å². The fourth-order valence-electron chi connectivity index (χ4n) is 3.77. The second kappa shape index (κ2) is 13.6. The van der Waals surface area contributed by atoms with E-state index >= 15 is 0 Å². The maximum absolute atomic E-state index is 12.5. The van der Waals surface area contributed by atoms with Gasteiger partial charge in [-0.05, 0) is 54.7 Å². The minimum atomic E-state index is -3.22. The van der Waals surface area contributed by atoms with Gasteiger partial charge >= 0.3 is 11.9 Å². The maximum atomic E-state index is 12.5. The average Bonchev–Trinajstić information content (AvgIpc) is 2.81. The van der Waals surface area contributed by atoms with Crippen LogP contribution < -0.4 is 4.74 Å². The van der Waals surface area contributed by atoms with Gasteiger partial charge in [0.05, 0.1) is 6.04 Å². The number of carbonyl (C=O) groups excluding carboxylic acids is 1. The number of carbonyl (C=O) groups is 2. The summed E-state index contributed by atoms with van der Waals surface area (Å²) in [5.74, 6) is -1.45. The molecule has 2 atom stereocenters. The Hall–Kier alpha value is -3.04. The van der Waals surface area contributed by atoms with E-state index in [-0.39, 0.29) is 19.3 Å². The molecule has 0 aliphatic carbocycles. The van der Waals surface area contributed by atoms with Gasteiger partial charge in [0.15, 0.2) is 0 Å². The Bertz CT molecular complexity index is 1030. The summed E-state index contributed by atoms with van der Waals surface area (Å²) in [7, 11) is -3.22. The van der Waals surface area contributed by atoms with Crippen molar-refractivity contribution in [2.24, 2.45) is 0 Å². The van der Waals surface area contributed by atoms with Crippen LogP contribution in [0.2, 0.25) is 0 Å². The Labute approximate surface area is 202 Å². The van der Waals surface area contributed by atoms with Gasteiger partial charge in [-0.25, -0.2) is 8.42 Å². The first kappa shape index (κ1) is 27.2. The van der Waals surface area contributed by atoms with E-state index in [4.69, 9.17) is 10.1 Å². The predicted octanol–water partition coefficient (Wildman–Crippen LogP) is 4.36. The van der Waals surface area contributed by atoms with Crippen LogP contribution in [0.3, 0.4) is 0 Å². The van der Waals surface area contributed by atoms with Crippen LogP contribution in [0.25, 0.3) is 0 Å². The van der Waals surface area contributed by atoms with Gasteiger partial charge in [0.1, 0.15) is 11.8 Å². The molecule has 2 N–H and O–H groups in total. The predicted molar refractivity (Wildman–Crippen MR) is 131 cm³/mol. The molecule has 0 saturated heterocycles. The number of rotatable bonds is 14. The lowest BCUT2D eigenvalue weighted by molar-refractivity contribution is -0.142. The molecule has 0 radical (unpaired) electrons. The van der Waals surface area contributed by atoms with Crippen LogP contribution in [0.15, 0.2) is 54.6 Å². The van der Waals surface area contributed by atoms with Crippen molar-refractivity contribution in [1.29, 1.82) is 5.41 Å². The Kier molecular flexibility index (Phi) is 10.9. The van der Waals surface area contributed by atoms with Gasteiger partial charge in [-0.2, -0.15) is 4.31 Å². The van der Waals surface area contributed by atoms with Crippen molar-refractivity contribution in [3.8, 4) is 5.75 Å². The number of benzene rings is 2. The average molecular weight is 489 g/mol. The molecule has 0 aromatic heterocycles. The molecule has 9 heteroatoms. The third-order valence-corrected chi connectivity index (χ3v) is 6.35. The minimum absolute atomic E-state index is 0.0683. The molecule has 0 heterocycles. The molecule has 2 aromatic rings. The van der Waals surface area contributed by atoms with Crippen molar-refractivity contribution in [2.75, 3.05) is 0 Å². The van der Waals surface area contributed by atoms with Gasteiger partial charge in [-0.15, -0.1) is 0 Å². The van der Waals surface area contributed by atoms with Gasteiger partial charge in [0.2, 0.25) is 10.9 Å². The summed E-state index contributed by atoms with van der Waals surface area (Å²) in [6.07, 6.45) is 2.14. The van der Waals surface area contributed by atoms with Crippen LogP contribution >= 0.6 is 0 Å². The first-order valence-corrected chi connectivity index (χ1v) is 12.5. The first-order valence-electron chi connectivity index (χ1n) is 11.4. The summed E-state index contributed by atoms with van der Waals surface area (Å²) in [5, 5.41) is 17.7. The highest BCUT2D eigenvalue weighted by Gasteiger charge is 2.34. The number of hydrogen-bond donors (Lipinski definition) is 3. The Morgan fingerprint density at radius 3 is 2.15 bits per heavy atom. The van der Waals surface area contributed by atoms with Crippen molar-refractivity contribution in [2.45, 2.75) is 64.5 Å². The second-order valence-corrected chi connectivity index (χ2v) is 8.89. The topological polar surface area (TPSA) is 125 Å². The highest BCUT2D eigenvalue weighted by atomic mass is 32.2. The molecule has 184 valence electrons. The van der Waals surface area contributed by atoms with E-state index in [2.05, 4.69) is 0 Å². The number of esters is 1. The van der Waals surface area contributed by atoms with Crippen LogP contribution in [0, 0.1) is 5.41 Å². The zero-order chi connectivity index (χ0) is 25.1. The van der Waals surface area contributed by atoms with Crippen molar-refractivity contribution < 1.29 is 27.9 Å². The summed E-state index contributed by atoms with van der Waals surface area (Å²) in [4.78, 5) is 24.4. The molecule has 0 saturated carbocycles. The van der Waals surface area contributed by atoms with Crippen molar-refractivity contribution in [1.82, 2.24) is 4.31 Å². The quantitative estimate of drug-likeness (QED) is 0.157. The summed E-state index contributed by atoms with van der Waals surface area (Å²) in [6.45, 7) is 3.79. The summed E-state index contributed by atoms with van der Waals surface area (Å²) in [5.41, 5.74) is 1.88. The van der Waals surface area contributed by atoms with Crippen LogP contribution in [-0.4, -0.2) is 41.5 Å². The molecule has 0 aliphatic heterocycles. The van der Waals surface area contributed by atoms with Crippen molar-refractivity contribution in [3.05, 3.63) is 65.7 Å². The Morgan fingerprint density at radius 1 is 0.971 bits per heavy atom. The molecule has 0 bridgehead atoms. The van der Waals surface area contributed by atoms with Gasteiger partial charge < -0.3 is 15.3 Å². The van der Waals surface area contributed by atoms with Crippen LogP contribution in [0.5, 0.6) is 5.75 Å². The number of carboxylic acid groups (broad SMARTS) is 1. The number of carboxylic acids is 1. The zero-order valence-corrected chi connectivity index (χ0v) is 20.4. The summed E-state index contributed by atoms with van der Waals surface area (Å²) < 4.78 is 30.7. The molecule has 0 fully saturated rings. The number of nitrogens with one attached hydrogen (secondary N) is 1. The first-order chi connectivity index (χ1) is 16.3. The van der Waals surface area contributed by atoms with E-state index in [0.29, 0.717) is 29.9 Å². The summed E-state index contributed by atoms with van der Waals surface area (Å²) >= 11 is 0. The number of nitrogens with zero attached hydrogens (tertiary/aromatic N) is 1. The fourth-order valence-corrected chi connectivity index (χ4v) is 4.69.